The maximum Gasteiger partial charge on any atom is 0.151 e. The molecule has 0 radical (unpaired) electrons. The third-order valence-corrected chi connectivity index (χ3v) is 1.71. The maximum absolute atomic E-state index is 11.2. The zero-order valence-electron chi connectivity index (χ0n) is 8.01. The number of carbonyl (C=O) groups is 1. The van der Waals surface area contributed by atoms with Crippen molar-refractivity contribution in [2.75, 3.05) is 13.2 Å². The van der Waals surface area contributed by atoms with Gasteiger partial charge in [-0.15, -0.1) is 0 Å². The van der Waals surface area contributed by atoms with E-state index in [4.69, 9.17) is 10.5 Å². The van der Waals surface area contributed by atoms with E-state index in [0.29, 0.717) is 19.6 Å². The van der Waals surface area contributed by atoms with Gasteiger partial charge in [0.2, 0.25) is 0 Å². The van der Waals surface area contributed by atoms with Crippen LogP contribution in [0.15, 0.2) is 0 Å². The molecule has 0 saturated heterocycles. The van der Waals surface area contributed by atoms with Crippen LogP contribution in [0, 0.1) is 0 Å². The SMILES string of the molecule is CCC[C@H](N)C(=O)CCOCC. The lowest BCUT2D eigenvalue weighted by atomic mass is 10.1. The van der Waals surface area contributed by atoms with Gasteiger partial charge in [-0.2, -0.15) is 0 Å². The number of ether oxygens (including phenoxy) is 1. The average molecular weight is 173 g/mol. The Morgan fingerprint density at radius 1 is 1.50 bits per heavy atom. The number of hydrogen-bond acceptors (Lipinski definition) is 3. The standard InChI is InChI=1S/C9H19NO2/c1-3-5-8(10)9(11)6-7-12-4-2/h8H,3-7,10H2,1-2H3/t8-/m0/s1. The Morgan fingerprint density at radius 2 is 2.17 bits per heavy atom. The lowest BCUT2D eigenvalue weighted by Gasteiger charge is -2.08. The third kappa shape index (κ3) is 5.27. The van der Waals surface area contributed by atoms with Crippen molar-refractivity contribution in [3.05, 3.63) is 0 Å². The van der Waals surface area contributed by atoms with Crippen molar-refractivity contribution in [1.29, 1.82) is 0 Å². The summed E-state index contributed by atoms with van der Waals surface area (Å²) in [5, 5.41) is 0. The first-order chi connectivity index (χ1) is 5.72. The molecule has 0 amide bonds. The van der Waals surface area contributed by atoms with Crippen LogP contribution in [-0.2, 0) is 9.53 Å². The molecule has 0 saturated carbocycles. The molecule has 3 nitrogen and oxygen atoms in total. The van der Waals surface area contributed by atoms with Crippen molar-refractivity contribution in [2.45, 2.75) is 39.2 Å². The molecule has 0 heterocycles. The van der Waals surface area contributed by atoms with E-state index in [2.05, 4.69) is 0 Å². The van der Waals surface area contributed by atoms with E-state index in [0.717, 1.165) is 12.8 Å². The molecule has 0 unspecified atom stereocenters. The van der Waals surface area contributed by atoms with Crippen molar-refractivity contribution in [1.82, 2.24) is 0 Å². The number of Topliss-reactive ketones (excluding diaryl/α,β-unsaturated/α-hetero) is 1. The summed E-state index contributed by atoms with van der Waals surface area (Å²) in [4.78, 5) is 11.2. The van der Waals surface area contributed by atoms with Gasteiger partial charge in [-0.1, -0.05) is 13.3 Å². The van der Waals surface area contributed by atoms with Gasteiger partial charge in [0, 0.05) is 13.0 Å². The van der Waals surface area contributed by atoms with E-state index in [9.17, 15) is 4.79 Å². The Hall–Kier alpha value is -0.410. The molecule has 0 aromatic carbocycles. The van der Waals surface area contributed by atoms with Crippen LogP contribution in [0.25, 0.3) is 0 Å². The molecule has 0 aromatic rings. The van der Waals surface area contributed by atoms with Gasteiger partial charge >= 0.3 is 0 Å². The lowest BCUT2D eigenvalue weighted by molar-refractivity contribution is -0.121. The van der Waals surface area contributed by atoms with Crippen LogP contribution in [-0.4, -0.2) is 25.0 Å². The first-order valence-corrected chi connectivity index (χ1v) is 4.58. The molecule has 0 rings (SSSR count). The van der Waals surface area contributed by atoms with Crippen LogP contribution in [0.3, 0.4) is 0 Å². The zero-order valence-corrected chi connectivity index (χ0v) is 8.01. The molecule has 0 aromatic heterocycles. The predicted octanol–water partition coefficient (Wildman–Crippen LogP) is 1.11. The van der Waals surface area contributed by atoms with Gasteiger partial charge < -0.3 is 10.5 Å². The number of carbonyl (C=O) groups excluding carboxylic acids is 1. The van der Waals surface area contributed by atoms with Crippen LogP contribution < -0.4 is 5.73 Å². The summed E-state index contributed by atoms with van der Waals surface area (Å²) in [5.74, 6) is 0.116. The van der Waals surface area contributed by atoms with E-state index in [1.807, 2.05) is 13.8 Å². The quantitative estimate of drug-likeness (QED) is 0.587. The molecule has 0 bridgehead atoms. The summed E-state index contributed by atoms with van der Waals surface area (Å²) in [6.07, 6.45) is 2.20. The zero-order chi connectivity index (χ0) is 9.40. The molecule has 0 spiro atoms. The van der Waals surface area contributed by atoms with Crippen LogP contribution >= 0.6 is 0 Å². The van der Waals surface area contributed by atoms with Crippen molar-refractivity contribution in [3.63, 3.8) is 0 Å². The normalized spacial score (nSPS) is 12.9. The molecule has 2 N–H and O–H groups in total. The number of hydrogen-bond donors (Lipinski definition) is 1. The van der Waals surface area contributed by atoms with Gasteiger partial charge in [0.15, 0.2) is 5.78 Å². The topological polar surface area (TPSA) is 52.3 Å². The summed E-state index contributed by atoms with van der Waals surface area (Å²) >= 11 is 0. The smallest absolute Gasteiger partial charge is 0.151 e. The van der Waals surface area contributed by atoms with Gasteiger partial charge in [-0.05, 0) is 13.3 Å². The molecule has 12 heavy (non-hydrogen) atoms. The number of nitrogens with two attached hydrogens (primary N) is 1. The second-order valence-corrected chi connectivity index (χ2v) is 2.81. The van der Waals surface area contributed by atoms with Crippen molar-refractivity contribution < 1.29 is 9.53 Å². The van der Waals surface area contributed by atoms with Gasteiger partial charge in [-0.25, -0.2) is 0 Å². The molecule has 0 aliphatic carbocycles. The van der Waals surface area contributed by atoms with Crippen molar-refractivity contribution >= 4 is 5.78 Å². The monoisotopic (exact) mass is 173 g/mol. The second-order valence-electron chi connectivity index (χ2n) is 2.81. The highest BCUT2D eigenvalue weighted by Gasteiger charge is 2.10. The molecule has 1 atom stereocenters. The highest BCUT2D eigenvalue weighted by Crippen LogP contribution is 1.98. The largest absolute Gasteiger partial charge is 0.381 e. The Balaban J connectivity index is 3.43. The fraction of sp³-hybridized carbons (Fsp3) is 0.889. The minimum atomic E-state index is -0.282. The summed E-state index contributed by atoms with van der Waals surface area (Å²) < 4.78 is 5.06. The highest BCUT2D eigenvalue weighted by atomic mass is 16.5. The fourth-order valence-corrected chi connectivity index (χ4v) is 0.974. The molecule has 72 valence electrons. The molecule has 0 aliphatic heterocycles. The molecular formula is C9H19NO2. The molecule has 3 heteroatoms. The van der Waals surface area contributed by atoms with E-state index < -0.39 is 0 Å². The summed E-state index contributed by atoms with van der Waals surface area (Å²) in [6, 6.07) is -0.282. The van der Waals surface area contributed by atoms with E-state index >= 15 is 0 Å². The summed E-state index contributed by atoms with van der Waals surface area (Å²) in [7, 11) is 0. The Bertz CT molecular complexity index is 126. The van der Waals surface area contributed by atoms with E-state index in [-0.39, 0.29) is 11.8 Å². The number of rotatable bonds is 7. The molecular weight excluding hydrogens is 154 g/mol. The van der Waals surface area contributed by atoms with Crippen LogP contribution in [0.5, 0.6) is 0 Å². The Kier molecular flexibility index (Phi) is 7.00. The van der Waals surface area contributed by atoms with Gasteiger partial charge in [-0.3, -0.25) is 4.79 Å². The summed E-state index contributed by atoms with van der Waals surface area (Å²) in [5.41, 5.74) is 5.60. The average Bonchev–Trinajstić information content (AvgIpc) is 2.05. The van der Waals surface area contributed by atoms with Gasteiger partial charge in [0.05, 0.1) is 12.6 Å². The first-order valence-electron chi connectivity index (χ1n) is 4.58. The van der Waals surface area contributed by atoms with Gasteiger partial charge in [0.25, 0.3) is 0 Å². The third-order valence-electron chi connectivity index (χ3n) is 1.71. The van der Waals surface area contributed by atoms with Gasteiger partial charge in [0.1, 0.15) is 0 Å². The minimum Gasteiger partial charge on any atom is -0.381 e. The fourth-order valence-electron chi connectivity index (χ4n) is 0.974. The van der Waals surface area contributed by atoms with Crippen molar-refractivity contribution in [2.24, 2.45) is 5.73 Å². The first kappa shape index (κ1) is 11.6. The van der Waals surface area contributed by atoms with Crippen LogP contribution in [0.4, 0.5) is 0 Å². The lowest BCUT2D eigenvalue weighted by Crippen LogP contribution is -2.30. The van der Waals surface area contributed by atoms with E-state index in [1.54, 1.807) is 0 Å². The summed E-state index contributed by atoms with van der Waals surface area (Å²) in [6.45, 7) is 5.11. The predicted molar refractivity (Wildman–Crippen MR) is 49.0 cm³/mol. The second kappa shape index (κ2) is 7.25. The Labute approximate surface area is 74.3 Å². The van der Waals surface area contributed by atoms with Crippen LogP contribution in [0.2, 0.25) is 0 Å². The van der Waals surface area contributed by atoms with Crippen molar-refractivity contribution in [3.8, 4) is 0 Å². The highest BCUT2D eigenvalue weighted by molar-refractivity contribution is 5.83. The van der Waals surface area contributed by atoms with E-state index in [1.165, 1.54) is 0 Å². The minimum absolute atomic E-state index is 0.116. The molecule has 0 aliphatic rings. The van der Waals surface area contributed by atoms with Crippen LogP contribution in [0.1, 0.15) is 33.1 Å². The molecule has 0 fully saturated rings. The maximum atomic E-state index is 11.2. The Morgan fingerprint density at radius 3 is 2.67 bits per heavy atom. The number of ketones is 1.